The maximum atomic E-state index is 10.3. The molecule has 0 bridgehead atoms. The average Bonchev–Trinajstić information content (AvgIpc) is 2.56. The highest BCUT2D eigenvalue weighted by Gasteiger charge is 1.93. The Hall–Kier alpha value is -1.05. The minimum absolute atomic E-state index is 0.835. The molecule has 2 heteroatoms. The van der Waals surface area contributed by atoms with E-state index >= 15 is 0 Å². The van der Waals surface area contributed by atoms with Gasteiger partial charge in [-0.3, -0.25) is 0 Å². The molecule has 1 N–H and O–H groups in total. The van der Waals surface area contributed by atoms with Gasteiger partial charge in [0.1, 0.15) is 0 Å². The molecule has 0 aromatic carbocycles. The van der Waals surface area contributed by atoms with Crippen molar-refractivity contribution in [2.75, 3.05) is 0 Å². The van der Waals surface area contributed by atoms with Crippen LogP contribution in [0.25, 0.3) is 0 Å². The Morgan fingerprint density at radius 1 is 0.625 bits per heavy atom. The van der Waals surface area contributed by atoms with Gasteiger partial charge in [-0.05, 0) is 38.5 Å². The summed E-state index contributed by atoms with van der Waals surface area (Å²) in [5.41, 5.74) is 0. The zero-order valence-electron chi connectivity index (χ0n) is 16.0. The van der Waals surface area contributed by atoms with Gasteiger partial charge in [0.25, 0.3) is 0 Å². The SMILES string of the molecule is CCCCCC=CCCCCCCCCCCCC/C=C\C(=O)O. The maximum absolute atomic E-state index is 10.3. The number of carboxylic acids is 1. The summed E-state index contributed by atoms with van der Waals surface area (Å²) >= 11 is 0. The molecule has 0 rings (SSSR count). The molecular weight excluding hydrogens is 296 g/mol. The second kappa shape index (κ2) is 20.0. The summed E-state index contributed by atoms with van der Waals surface area (Å²) in [6.45, 7) is 2.26. The molecule has 0 saturated carbocycles. The highest BCUT2D eigenvalue weighted by atomic mass is 16.4. The fourth-order valence-corrected chi connectivity index (χ4v) is 2.87. The van der Waals surface area contributed by atoms with E-state index in [0.717, 1.165) is 12.8 Å². The molecule has 2 nitrogen and oxygen atoms in total. The lowest BCUT2D eigenvalue weighted by Crippen LogP contribution is -1.86. The number of unbranched alkanes of at least 4 members (excludes halogenated alkanes) is 14. The zero-order chi connectivity index (χ0) is 17.7. The summed E-state index contributed by atoms with van der Waals surface area (Å²) in [4.78, 5) is 10.3. The minimum atomic E-state index is -0.835. The second-order valence-corrected chi connectivity index (χ2v) is 6.82. The Morgan fingerprint density at radius 2 is 1.00 bits per heavy atom. The van der Waals surface area contributed by atoms with Crippen molar-refractivity contribution in [3.8, 4) is 0 Å². The number of carbonyl (C=O) groups is 1. The van der Waals surface area contributed by atoms with Crippen LogP contribution in [0.15, 0.2) is 24.3 Å². The normalized spacial score (nSPS) is 11.7. The minimum Gasteiger partial charge on any atom is -0.478 e. The fraction of sp³-hybridized carbons (Fsp3) is 0.773. The van der Waals surface area contributed by atoms with Crippen LogP contribution in [0.4, 0.5) is 0 Å². The van der Waals surface area contributed by atoms with Crippen molar-refractivity contribution >= 4 is 5.97 Å². The molecule has 0 aromatic rings. The van der Waals surface area contributed by atoms with Gasteiger partial charge in [-0.25, -0.2) is 4.79 Å². The van der Waals surface area contributed by atoms with Crippen LogP contribution >= 0.6 is 0 Å². The van der Waals surface area contributed by atoms with Gasteiger partial charge in [0, 0.05) is 6.08 Å². The van der Waals surface area contributed by atoms with E-state index < -0.39 is 5.97 Å². The fourth-order valence-electron chi connectivity index (χ4n) is 2.87. The molecule has 0 unspecified atom stereocenters. The van der Waals surface area contributed by atoms with Gasteiger partial charge < -0.3 is 5.11 Å². The quantitative estimate of drug-likeness (QED) is 0.160. The lowest BCUT2D eigenvalue weighted by Gasteiger charge is -2.02. The molecule has 0 saturated heterocycles. The van der Waals surface area contributed by atoms with Gasteiger partial charge in [-0.15, -0.1) is 0 Å². The van der Waals surface area contributed by atoms with Crippen molar-refractivity contribution in [1.29, 1.82) is 0 Å². The van der Waals surface area contributed by atoms with E-state index in [4.69, 9.17) is 5.11 Å². The van der Waals surface area contributed by atoms with Crippen LogP contribution in [-0.2, 0) is 4.79 Å². The van der Waals surface area contributed by atoms with Gasteiger partial charge in [0.2, 0.25) is 0 Å². The van der Waals surface area contributed by atoms with Crippen molar-refractivity contribution < 1.29 is 9.90 Å². The number of carboxylic acid groups (broad SMARTS) is 1. The summed E-state index contributed by atoms with van der Waals surface area (Å²) in [5, 5.41) is 8.47. The summed E-state index contributed by atoms with van der Waals surface area (Å²) < 4.78 is 0. The predicted molar refractivity (Wildman–Crippen MR) is 105 cm³/mol. The van der Waals surface area contributed by atoms with E-state index in [-0.39, 0.29) is 0 Å². The third-order valence-electron chi connectivity index (χ3n) is 4.39. The zero-order valence-corrected chi connectivity index (χ0v) is 16.0. The van der Waals surface area contributed by atoms with Gasteiger partial charge in [-0.1, -0.05) is 89.4 Å². The van der Waals surface area contributed by atoms with Gasteiger partial charge in [-0.2, -0.15) is 0 Å². The first-order valence-electron chi connectivity index (χ1n) is 10.3. The molecule has 0 aliphatic rings. The Labute approximate surface area is 150 Å². The van der Waals surface area contributed by atoms with Crippen LogP contribution in [0.3, 0.4) is 0 Å². The van der Waals surface area contributed by atoms with E-state index in [1.165, 1.54) is 96.0 Å². The molecule has 0 radical (unpaired) electrons. The number of allylic oxidation sites excluding steroid dienone is 3. The van der Waals surface area contributed by atoms with E-state index in [0.29, 0.717) is 0 Å². The van der Waals surface area contributed by atoms with Crippen molar-refractivity contribution in [3.05, 3.63) is 24.3 Å². The van der Waals surface area contributed by atoms with Gasteiger partial charge >= 0.3 is 5.97 Å². The highest BCUT2D eigenvalue weighted by molar-refractivity contribution is 5.79. The summed E-state index contributed by atoms with van der Waals surface area (Å²) in [7, 11) is 0. The van der Waals surface area contributed by atoms with Crippen molar-refractivity contribution in [2.45, 2.75) is 110 Å². The van der Waals surface area contributed by atoms with Crippen molar-refractivity contribution in [3.63, 3.8) is 0 Å². The first-order valence-corrected chi connectivity index (χ1v) is 10.3. The van der Waals surface area contributed by atoms with Crippen molar-refractivity contribution in [2.24, 2.45) is 0 Å². The number of hydrogen-bond acceptors (Lipinski definition) is 1. The maximum Gasteiger partial charge on any atom is 0.327 e. The monoisotopic (exact) mass is 336 g/mol. The third kappa shape index (κ3) is 20.9. The van der Waals surface area contributed by atoms with E-state index in [9.17, 15) is 4.79 Å². The Kier molecular flexibility index (Phi) is 19.1. The molecule has 140 valence electrons. The summed E-state index contributed by atoms with van der Waals surface area (Å²) in [5.74, 6) is -0.835. The van der Waals surface area contributed by atoms with Gasteiger partial charge in [0.05, 0.1) is 0 Å². The van der Waals surface area contributed by atoms with Crippen LogP contribution in [0, 0.1) is 0 Å². The molecular formula is C22H40O2. The molecule has 0 fully saturated rings. The van der Waals surface area contributed by atoms with Crippen LogP contribution in [-0.4, -0.2) is 11.1 Å². The summed E-state index contributed by atoms with van der Waals surface area (Å²) in [6.07, 6.45) is 28.5. The third-order valence-corrected chi connectivity index (χ3v) is 4.39. The molecule has 0 aliphatic carbocycles. The first-order chi connectivity index (χ1) is 11.8. The predicted octanol–water partition coefficient (Wildman–Crippen LogP) is 7.44. The standard InChI is InChI=1S/C22H40O2/c1-2-3-4-5-6-7-8-9-10-11-12-13-14-15-16-17-18-19-20-21-22(23)24/h6-7,20-21H,2-5,8-19H2,1H3,(H,23,24)/b7-6?,21-20-. The molecule has 0 aromatic heterocycles. The number of hydrogen-bond donors (Lipinski definition) is 1. The molecule has 0 spiro atoms. The smallest absolute Gasteiger partial charge is 0.327 e. The van der Waals surface area contributed by atoms with Crippen LogP contribution in [0.1, 0.15) is 110 Å². The average molecular weight is 337 g/mol. The molecule has 0 amide bonds. The molecule has 0 atom stereocenters. The van der Waals surface area contributed by atoms with E-state index in [1.807, 2.05) is 0 Å². The molecule has 0 aliphatic heterocycles. The Bertz CT molecular complexity index is 318. The molecule has 24 heavy (non-hydrogen) atoms. The Morgan fingerprint density at radius 3 is 1.42 bits per heavy atom. The topological polar surface area (TPSA) is 37.3 Å². The van der Waals surface area contributed by atoms with E-state index in [2.05, 4.69) is 19.1 Å². The highest BCUT2D eigenvalue weighted by Crippen LogP contribution is 2.12. The number of rotatable bonds is 18. The van der Waals surface area contributed by atoms with Crippen LogP contribution < -0.4 is 0 Å². The largest absolute Gasteiger partial charge is 0.478 e. The number of aliphatic carboxylic acids is 1. The lowest BCUT2D eigenvalue weighted by atomic mass is 10.0. The van der Waals surface area contributed by atoms with Gasteiger partial charge in [0.15, 0.2) is 0 Å². The Balaban J connectivity index is 3.08. The molecule has 0 heterocycles. The second-order valence-electron chi connectivity index (χ2n) is 6.82. The first kappa shape index (κ1) is 22.9. The van der Waals surface area contributed by atoms with Crippen LogP contribution in [0.5, 0.6) is 0 Å². The summed E-state index contributed by atoms with van der Waals surface area (Å²) in [6, 6.07) is 0. The van der Waals surface area contributed by atoms with Crippen molar-refractivity contribution in [1.82, 2.24) is 0 Å². The lowest BCUT2D eigenvalue weighted by molar-refractivity contribution is -0.131. The van der Waals surface area contributed by atoms with E-state index in [1.54, 1.807) is 6.08 Å². The van der Waals surface area contributed by atoms with Crippen LogP contribution in [0.2, 0.25) is 0 Å².